The van der Waals surface area contributed by atoms with Crippen molar-refractivity contribution in [2.75, 3.05) is 0 Å². The average molecular weight is 219 g/mol. The Morgan fingerprint density at radius 3 is 2.33 bits per heavy atom. The van der Waals surface area contributed by atoms with Gasteiger partial charge in [-0.1, -0.05) is 48.5 Å². The molecule has 0 saturated carbocycles. The van der Waals surface area contributed by atoms with Gasteiger partial charge in [-0.25, -0.2) is 0 Å². The van der Waals surface area contributed by atoms with E-state index in [4.69, 9.17) is 11.6 Å². The van der Waals surface area contributed by atoms with E-state index < -0.39 is 0 Å². The summed E-state index contributed by atoms with van der Waals surface area (Å²) in [5.74, 6) is 0.602. The molecule has 2 aromatic carbocycles. The molecule has 0 aliphatic rings. The molecule has 0 bridgehead atoms. The highest BCUT2D eigenvalue weighted by molar-refractivity contribution is 6.17. The van der Waals surface area contributed by atoms with Crippen molar-refractivity contribution in [2.45, 2.75) is 5.88 Å². The van der Waals surface area contributed by atoms with E-state index in [1.165, 1.54) is 0 Å². The van der Waals surface area contributed by atoms with Crippen molar-refractivity contribution in [3.05, 3.63) is 54.1 Å². The van der Waals surface area contributed by atoms with Crippen LogP contribution in [0, 0.1) is 0 Å². The van der Waals surface area contributed by atoms with Crippen LogP contribution < -0.4 is 0 Å². The molecule has 0 amide bonds. The summed E-state index contributed by atoms with van der Waals surface area (Å²) >= 11 is 5.73. The van der Waals surface area contributed by atoms with Crippen molar-refractivity contribution < 1.29 is 5.11 Å². The molecule has 0 aromatic heterocycles. The van der Waals surface area contributed by atoms with E-state index in [0.29, 0.717) is 5.88 Å². The van der Waals surface area contributed by atoms with E-state index >= 15 is 0 Å². The number of hydrogen-bond donors (Lipinski definition) is 1. The maximum Gasteiger partial charge on any atom is 0.127 e. The maximum atomic E-state index is 9.96. The van der Waals surface area contributed by atoms with Gasteiger partial charge >= 0.3 is 0 Å². The molecule has 2 aromatic rings. The minimum atomic E-state index is 0.277. The molecule has 1 N–H and O–H groups in total. The SMILES string of the molecule is Oc1c(CCl)cccc1-c1ccccc1. The fourth-order valence-corrected chi connectivity index (χ4v) is 1.77. The molecule has 2 rings (SSSR count). The summed E-state index contributed by atoms with van der Waals surface area (Å²) in [6.45, 7) is 0. The summed E-state index contributed by atoms with van der Waals surface area (Å²) < 4.78 is 0. The number of benzene rings is 2. The number of alkyl halides is 1. The van der Waals surface area contributed by atoms with Gasteiger partial charge in [-0.05, 0) is 5.56 Å². The summed E-state index contributed by atoms with van der Waals surface area (Å²) in [6.07, 6.45) is 0. The van der Waals surface area contributed by atoms with Crippen molar-refractivity contribution >= 4 is 11.6 Å². The lowest BCUT2D eigenvalue weighted by molar-refractivity contribution is 0.472. The monoisotopic (exact) mass is 218 g/mol. The second-order valence-electron chi connectivity index (χ2n) is 3.31. The minimum Gasteiger partial charge on any atom is -0.507 e. The molecule has 0 saturated heterocycles. The quantitative estimate of drug-likeness (QED) is 0.761. The molecule has 15 heavy (non-hydrogen) atoms. The van der Waals surface area contributed by atoms with Crippen LogP contribution in [-0.4, -0.2) is 5.11 Å². The van der Waals surface area contributed by atoms with E-state index in [1.54, 1.807) is 0 Å². The third kappa shape index (κ3) is 1.97. The van der Waals surface area contributed by atoms with Crippen molar-refractivity contribution in [3.63, 3.8) is 0 Å². The van der Waals surface area contributed by atoms with Gasteiger partial charge < -0.3 is 5.11 Å². The standard InChI is InChI=1S/C13H11ClO/c14-9-11-7-4-8-12(13(11)15)10-5-2-1-3-6-10/h1-8,15H,9H2. The molecule has 0 heterocycles. The fourth-order valence-electron chi connectivity index (χ4n) is 1.55. The summed E-state index contributed by atoms with van der Waals surface area (Å²) in [6, 6.07) is 15.4. The number of rotatable bonds is 2. The molecule has 0 aliphatic carbocycles. The predicted molar refractivity (Wildman–Crippen MR) is 63.1 cm³/mol. The van der Waals surface area contributed by atoms with E-state index in [9.17, 15) is 5.11 Å². The zero-order chi connectivity index (χ0) is 10.7. The van der Waals surface area contributed by atoms with E-state index in [-0.39, 0.29) is 5.75 Å². The van der Waals surface area contributed by atoms with Gasteiger partial charge in [0, 0.05) is 11.1 Å². The average Bonchev–Trinajstić information content (AvgIpc) is 2.30. The van der Waals surface area contributed by atoms with Crippen molar-refractivity contribution in [2.24, 2.45) is 0 Å². The molecular formula is C13H11ClO. The van der Waals surface area contributed by atoms with Gasteiger partial charge in [-0.2, -0.15) is 0 Å². The third-order valence-corrected chi connectivity index (χ3v) is 2.64. The van der Waals surface area contributed by atoms with Crippen molar-refractivity contribution in [3.8, 4) is 16.9 Å². The molecule has 2 heteroatoms. The lowest BCUT2D eigenvalue weighted by Crippen LogP contribution is -1.84. The second kappa shape index (κ2) is 4.37. The number of halogens is 1. The van der Waals surface area contributed by atoms with Crippen LogP contribution in [-0.2, 0) is 5.88 Å². The maximum absolute atomic E-state index is 9.96. The van der Waals surface area contributed by atoms with Crippen LogP contribution in [0.1, 0.15) is 5.56 Å². The Morgan fingerprint density at radius 1 is 0.933 bits per heavy atom. The third-order valence-electron chi connectivity index (χ3n) is 2.35. The van der Waals surface area contributed by atoms with Crippen LogP contribution in [0.2, 0.25) is 0 Å². The van der Waals surface area contributed by atoms with Gasteiger partial charge in [-0.3, -0.25) is 0 Å². The first-order chi connectivity index (χ1) is 7.33. The number of aromatic hydroxyl groups is 1. The summed E-state index contributed by atoms with van der Waals surface area (Å²) in [7, 11) is 0. The van der Waals surface area contributed by atoms with Gasteiger partial charge in [0.15, 0.2) is 0 Å². The van der Waals surface area contributed by atoms with Crippen LogP contribution in [0.15, 0.2) is 48.5 Å². The van der Waals surface area contributed by atoms with Gasteiger partial charge in [0.1, 0.15) is 5.75 Å². The Hall–Kier alpha value is -1.47. The van der Waals surface area contributed by atoms with Gasteiger partial charge in [0.25, 0.3) is 0 Å². The summed E-state index contributed by atoms with van der Waals surface area (Å²) in [5.41, 5.74) is 2.59. The topological polar surface area (TPSA) is 20.2 Å². The Balaban J connectivity index is 2.54. The highest BCUT2D eigenvalue weighted by Crippen LogP contribution is 2.32. The molecule has 0 fully saturated rings. The summed E-state index contributed by atoms with van der Waals surface area (Å²) in [4.78, 5) is 0. The van der Waals surface area contributed by atoms with Crippen molar-refractivity contribution in [1.29, 1.82) is 0 Å². The lowest BCUT2D eigenvalue weighted by Gasteiger charge is -2.07. The number of hydrogen-bond acceptors (Lipinski definition) is 1. The van der Waals surface area contributed by atoms with Crippen LogP contribution in [0.4, 0.5) is 0 Å². The first-order valence-electron chi connectivity index (χ1n) is 4.75. The zero-order valence-electron chi connectivity index (χ0n) is 8.15. The lowest BCUT2D eigenvalue weighted by atomic mass is 10.0. The molecule has 0 unspecified atom stereocenters. The second-order valence-corrected chi connectivity index (χ2v) is 3.58. The molecule has 0 aliphatic heterocycles. The van der Waals surface area contributed by atoms with Crippen LogP contribution >= 0.6 is 11.6 Å². The normalized spacial score (nSPS) is 10.2. The van der Waals surface area contributed by atoms with Crippen LogP contribution in [0.5, 0.6) is 5.75 Å². The molecule has 0 spiro atoms. The fraction of sp³-hybridized carbons (Fsp3) is 0.0769. The minimum absolute atomic E-state index is 0.277. The van der Waals surface area contributed by atoms with Gasteiger partial charge in [-0.15, -0.1) is 11.6 Å². The Kier molecular flexibility index (Phi) is 2.93. The van der Waals surface area contributed by atoms with E-state index in [1.807, 2.05) is 48.5 Å². The zero-order valence-corrected chi connectivity index (χ0v) is 8.91. The summed E-state index contributed by atoms with van der Waals surface area (Å²) in [5, 5.41) is 9.96. The van der Waals surface area contributed by atoms with E-state index in [0.717, 1.165) is 16.7 Å². The first-order valence-corrected chi connectivity index (χ1v) is 5.28. The molecular weight excluding hydrogens is 208 g/mol. The highest BCUT2D eigenvalue weighted by atomic mass is 35.5. The molecule has 0 radical (unpaired) electrons. The predicted octanol–water partition coefficient (Wildman–Crippen LogP) is 3.80. The van der Waals surface area contributed by atoms with Gasteiger partial charge in [0.05, 0.1) is 5.88 Å². The molecule has 0 atom stereocenters. The number of phenolic OH excluding ortho intramolecular Hbond substituents is 1. The first kappa shape index (κ1) is 10.1. The molecule has 1 nitrogen and oxygen atoms in total. The largest absolute Gasteiger partial charge is 0.507 e. The van der Waals surface area contributed by atoms with Crippen LogP contribution in [0.3, 0.4) is 0 Å². The number of para-hydroxylation sites is 1. The Bertz CT molecular complexity index is 451. The Morgan fingerprint density at radius 2 is 1.67 bits per heavy atom. The van der Waals surface area contributed by atoms with Crippen molar-refractivity contribution in [1.82, 2.24) is 0 Å². The smallest absolute Gasteiger partial charge is 0.127 e. The van der Waals surface area contributed by atoms with Crippen LogP contribution in [0.25, 0.3) is 11.1 Å². The van der Waals surface area contributed by atoms with Gasteiger partial charge in [0.2, 0.25) is 0 Å². The van der Waals surface area contributed by atoms with E-state index in [2.05, 4.69) is 0 Å². The highest BCUT2D eigenvalue weighted by Gasteiger charge is 2.07. The number of phenols is 1. The Labute approximate surface area is 94.0 Å². The molecule has 76 valence electrons.